The van der Waals surface area contributed by atoms with Crippen LogP contribution in [0, 0.1) is 0 Å². The second kappa shape index (κ2) is 24.2. The maximum atomic E-state index is 15.1. The summed E-state index contributed by atoms with van der Waals surface area (Å²) in [5, 5.41) is 20.6. The van der Waals surface area contributed by atoms with Gasteiger partial charge in [0.15, 0.2) is 0 Å². The first-order valence-electron chi connectivity index (χ1n) is 23.8. The molecule has 7 aromatic carbocycles. The summed E-state index contributed by atoms with van der Waals surface area (Å²) in [5.41, 5.74) is 8.68. The average molecular weight is 964 g/mol. The second-order valence-electron chi connectivity index (χ2n) is 17.4. The van der Waals surface area contributed by atoms with Gasteiger partial charge in [0.2, 0.25) is 11.8 Å². The Bertz CT molecular complexity index is 2730. The SMILES string of the molecule is C=CCOC(=O)C[C@H](O)[C@@H](Cc1ccccc1)NC(=O)C(CSC(c1ccccc1)(c1ccccc1)c1ccccc1)NC(=O)C(Cc1ccccc1)NC(=O)OCC1c2ccccc2-c2ccccc21. The van der Waals surface area contributed by atoms with Crippen LogP contribution in [0.15, 0.2) is 213 Å². The number of hydrogen-bond acceptors (Lipinski definition) is 8. The average Bonchev–Trinajstić information content (AvgIpc) is 3.73. The number of alkyl carbamates (subject to hydrolysis) is 1. The zero-order chi connectivity index (χ0) is 49.4. The number of carbonyl (C=O) groups excluding carboxylic acids is 4. The zero-order valence-electron chi connectivity index (χ0n) is 39.3. The Hall–Kier alpha value is -7.73. The Balaban J connectivity index is 1.12. The number of carbonyl (C=O) groups is 4. The van der Waals surface area contributed by atoms with Gasteiger partial charge in [0.05, 0.1) is 23.3 Å². The molecule has 4 N–H and O–H groups in total. The normalized spacial score (nSPS) is 13.5. The molecule has 0 fully saturated rings. The summed E-state index contributed by atoms with van der Waals surface area (Å²) in [5.74, 6) is -2.07. The lowest BCUT2D eigenvalue weighted by molar-refractivity contribution is -0.145. The molecule has 10 nitrogen and oxygen atoms in total. The lowest BCUT2D eigenvalue weighted by Crippen LogP contribution is -2.58. The van der Waals surface area contributed by atoms with E-state index in [1.807, 2.05) is 188 Å². The number of rotatable bonds is 22. The summed E-state index contributed by atoms with van der Waals surface area (Å²) < 4.78 is 10.3. The van der Waals surface area contributed by atoms with Crippen LogP contribution < -0.4 is 16.0 Å². The maximum Gasteiger partial charge on any atom is 0.407 e. The van der Waals surface area contributed by atoms with E-state index < -0.39 is 59.3 Å². The van der Waals surface area contributed by atoms with Gasteiger partial charge in [-0.05, 0) is 56.5 Å². The molecule has 11 heteroatoms. The Morgan fingerprint density at radius 3 is 1.52 bits per heavy atom. The molecule has 8 rings (SSSR count). The standard InChI is InChI=1S/C60H57N3O7S/c1-2-36-69-56(65)39-55(64)52(37-42-22-8-3-9-23-42)61-58(67)54(41-71-60(44-26-12-5-13-27-44,45-28-14-6-15-29-45)46-30-16-7-17-31-46)62-57(66)53(38-43-24-10-4-11-25-43)63-59(68)70-40-51-49-34-20-18-32-47(49)48-33-19-21-35-50(48)51/h2-35,51-55,64H,1,36-41H2,(H,61,67)(H,62,66)(H,63,68)/t52-,53?,54?,55+/m1/s1. The fraction of sp³-hybridized carbons (Fsp3) is 0.200. The van der Waals surface area contributed by atoms with Crippen LogP contribution in [0.1, 0.15) is 51.3 Å². The Kier molecular flexibility index (Phi) is 16.9. The number of hydrogen-bond donors (Lipinski definition) is 4. The number of amides is 3. The quantitative estimate of drug-likeness (QED) is 0.0299. The zero-order valence-corrected chi connectivity index (χ0v) is 40.1. The monoisotopic (exact) mass is 963 g/mol. The number of aliphatic hydroxyl groups excluding tert-OH is 1. The fourth-order valence-electron chi connectivity index (χ4n) is 9.23. The van der Waals surface area contributed by atoms with Crippen LogP contribution in [0.4, 0.5) is 4.79 Å². The van der Waals surface area contributed by atoms with Gasteiger partial charge < -0.3 is 30.5 Å². The molecule has 3 amide bonds. The topological polar surface area (TPSA) is 143 Å². The molecule has 360 valence electrons. The van der Waals surface area contributed by atoms with Crippen molar-refractivity contribution < 1.29 is 33.8 Å². The lowest BCUT2D eigenvalue weighted by atomic mass is 9.84. The molecule has 0 heterocycles. The molecular weight excluding hydrogens is 907 g/mol. The van der Waals surface area contributed by atoms with E-state index in [0.29, 0.717) is 0 Å². The number of fused-ring (bicyclic) bond motifs is 3. The van der Waals surface area contributed by atoms with Crippen molar-refractivity contribution in [1.82, 2.24) is 16.0 Å². The van der Waals surface area contributed by atoms with Crippen LogP contribution in [0.2, 0.25) is 0 Å². The van der Waals surface area contributed by atoms with E-state index in [1.54, 1.807) is 0 Å². The van der Waals surface area contributed by atoms with Gasteiger partial charge in [-0.1, -0.05) is 213 Å². The first-order chi connectivity index (χ1) is 34.7. The molecular formula is C60H57N3O7S. The number of nitrogens with one attached hydrogen (secondary N) is 3. The smallest absolute Gasteiger partial charge is 0.407 e. The minimum atomic E-state index is -1.36. The van der Waals surface area contributed by atoms with Crippen molar-refractivity contribution in [2.45, 2.75) is 54.2 Å². The van der Waals surface area contributed by atoms with E-state index in [9.17, 15) is 19.5 Å². The van der Waals surface area contributed by atoms with Crippen molar-refractivity contribution in [1.29, 1.82) is 0 Å². The molecule has 7 aromatic rings. The highest BCUT2D eigenvalue weighted by atomic mass is 32.2. The molecule has 0 saturated heterocycles. The van der Waals surface area contributed by atoms with Gasteiger partial charge >= 0.3 is 12.1 Å². The van der Waals surface area contributed by atoms with Crippen LogP contribution in [-0.4, -0.2) is 72.2 Å². The number of benzene rings is 7. The minimum absolute atomic E-state index is 0.0226. The number of aliphatic hydroxyl groups is 1. The van der Waals surface area contributed by atoms with E-state index in [1.165, 1.54) is 17.8 Å². The third-order valence-corrected chi connectivity index (χ3v) is 14.3. The van der Waals surface area contributed by atoms with E-state index in [-0.39, 0.29) is 37.7 Å². The molecule has 0 bridgehead atoms. The first kappa shape index (κ1) is 49.7. The molecule has 2 unspecified atom stereocenters. The number of ether oxygens (including phenoxy) is 2. The number of esters is 1. The third-order valence-electron chi connectivity index (χ3n) is 12.7. The van der Waals surface area contributed by atoms with E-state index >= 15 is 4.79 Å². The molecule has 1 aliphatic carbocycles. The van der Waals surface area contributed by atoms with Gasteiger partial charge in [-0.25, -0.2) is 4.79 Å². The molecule has 0 aromatic heterocycles. The van der Waals surface area contributed by atoms with Crippen molar-refractivity contribution in [3.8, 4) is 11.1 Å². The van der Waals surface area contributed by atoms with Gasteiger partial charge in [0.1, 0.15) is 25.3 Å². The van der Waals surface area contributed by atoms with Crippen molar-refractivity contribution in [2.75, 3.05) is 19.0 Å². The number of thioether (sulfide) groups is 1. The summed E-state index contributed by atoms with van der Waals surface area (Å²) in [7, 11) is 0. The van der Waals surface area contributed by atoms with Crippen molar-refractivity contribution in [2.24, 2.45) is 0 Å². The highest BCUT2D eigenvalue weighted by Crippen LogP contribution is 2.49. The maximum absolute atomic E-state index is 15.1. The van der Waals surface area contributed by atoms with Crippen LogP contribution in [-0.2, 0) is 41.4 Å². The highest BCUT2D eigenvalue weighted by molar-refractivity contribution is 8.00. The molecule has 0 aliphatic heterocycles. The largest absolute Gasteiger partial charge is 0.461 e. The Morgan fingerprint density at radius 1 is 0.563 bits per heavy atom. The lowest BCUT2D eigenvalue weighted by Gasteiger charge is -2.37. The van der Waals surface area contributed by atoms with Gasteiger partial charge in [-0.3, -0.25) is 14.4 Å². The van der Waals surface area contributed by atoms with Gasteiger partial charge in [0, 0.05) is 18.1 Å². The predicted molar refractivity (Wildman–Crippen MR) is 280 cm³/mol. The summed E-state index contributed by atoms with van der Waals surface area (Å²) in [4.78, 5) is 56.9. The molecule has 0 saturated carbocycles. The predicted octanol–water partition coefficient (Wildman–Crippen LogP) is 9.55. The molecule has 0 radical (unpaired) electrons. The molecule has 71 heavy (non-hydrogen) atoms. The Morgan fingerprint density at radius 2 is 1.01 bits per heavy atom. The van der Waals surface area contributed by atoms with E-state index in [0.717, 1.165) is 50.1 Å². The molecule has 1 aliphatic rings. The summed E-state index contributed by atoms with van der Waals surface area (Å²) in [6.07, 6.45) is -0.866. The first-order valence-corrected chi connectivity index (χ1v) is 24.8. The molecule has 0 spiro atoms. The van der Waals surface area contributed by atoms with Crippen molar-refractivity contribution in [3.63, 3.8) is 0 Å². The van der Waals surface area contributed by atoms with Crippen LogP contribution in [0.5, 0.6) is 0 Å². The highest BCUT2D eigenvalue weighted by Gasteiger charge is 2.40. The van der Waals surface area contributed by atoms with E-state index in [4.69, 9.17) is 9.47 Å². The van der Waals surface area contributed by atoms with Crippen LogP contribution >= 0.6 is 11.8 Å². The van der Waals surface area contributed by atoms with Crippen LogP contribution in [0.3, 0.4) is 0 Å². The van der Waals surface area contributed by atoms with Crippen molar-refractivity contribution >= 4 is 35.6 Å². The second-order valence-corrected chi connectivity index (χ2v) is 18.6. The van der Waals surface area contributed by atoms with Gasteiger partial charge in [0.25, 0.3) is 0 Å². The van der Waals surface area contributed by atoms with Gasteiger partial charge in [-0.15, -0.1) is 11.8 Å². The van der Waals surface area contributed by atoms with Crippen molar-refractivity contribution in [3.05, 3.63) is 252 Å². The fourth-order valence-corrected chi connectivity index (χ4v) is 10.8. The summed E-state index contributed by atoms with van der Waals surface area (Å²) in [6.45, 7) is 3.61. The van der Waals surface area contributed by atoms with Gasteiger partial charge in [-0.2, -0.15) is 0 Å². The minimum Gasteiger partial charge on any atom is -0.461 e. The third kappa shape index (κ3) is 12.4. The summed E-state index contributed by atoms with van der Waals surface area (Å²) in [6, 6.07) is 61.3. The van der Waals surface area contributed by atoms with E-state index in [2.05, 4.69) is 34.7 Å². The molecule has 4 atom stereocenters. The van der Waals surface area contributed by atoms with Crippen LogP contribution in [0.25, 0.3) is 11.1 Å². The summed E-state index contributed by atoms with van der Waals surface area (Å²) >= 11 is 1.47. The Labute approximate surface area is 419 Å².